The lowest BCUT2D eigenvalue weighted by Crippen LogP contribution is -2.16. The normalized spacial score (nSPS) is 16.5. The number of unbranched alkanes of at least 4 members (excludes halogenated alkanes) is 3. The molecule has 1 aliphatic rings. The van der Waals surface area contributed by atoms with Crippen LogP contribution in [0.1, 0.15) is 79.6 Å². The van der Waals surface area contributed by atoms with Crippen molar-refractivity contribution in [3.63, 3.8) is 0 Å². The fourth-order valence-electron chi connectivity index (χ4n) is 3.31. The molecule has 0 bridgehead atoms. The van der Waals surface area contributed by atoms with Crippen molar-refractivity contribution in [1.82, 2.24) is 0 Å². The molecule has 0 radical (unpaired) electrons. The Bertz CT molecular complexity index is 579. The topological polar surface area (TPSA) is 55.4 Å². The summed E-state index contributed by atoms with van der Waals surface area (Å²) in [6, 6.07) is 0. The van der Waals surface area contributed by atoms with Crippen molar-refractivity contribution in [1.29, 1.82) is 0 Å². The van der Waals surface area contributed by atoms with Crippen molar-refractivity contribution < 1.29 is 14.3 Å². The van der Waals surface area contributed by atoms with Gasteiger partial charge in [0.25, 0.3) is 0 Å². The van der Waals surface area contributed by atoms with Crippen molar-refractivity contribution >= 4 is 28.2 Å². The van der Waals surface area contributed by atoms with Crippen molar-refractivity contribution in [2.24, 2.45) is 5.92 Å². The van der Waals surface area contributed by atoms with Gasteiger partial charge < -0.3 is 10.1 Å². The number of carbonyl (C=O) groups excluding carboxylic acids is 2. The molecule has 1 N–H and O–H groups in total. The molecular formula is C19H29NO3S. The summed E-state index contributed by atoms with van der Waals surface area (Å²) in [5.74, 6) is 0.352. The van der Waals surface area contributed by atoms with Crippen LogP contribution in [-0.2, 0) is 22.4 Å². The van der Waals surface area contributed by atoms with Crippen LogP contribution in [0.25, 0.3) is 0 Å². The maximum absolute atomic E-state index is 12.2. The van der Waals surface area contributed by atoms with E-state index in [1.807, 2.05) is 0 Å². The molecule has 1 unspecified atom stereocenters. The molecule has 1 amide bonds. The molecule has 24 heavy (non-hydrogen) atoms. The minimum Gasteiger partial charge on any atom is -0.465 e. The van der Waals surface area contributed by atoms with Gasteiger partial charge in [-0.3, -0.25) is 4.79 Å². The first-order chi connectivity index (χ1) is 11.6. The van der Waals surface area contributed by atoms with Crippen LogP contribution in [0.2, 0.25) is 0 Å². The van der Waals surface area contributed by atoms with Crippen LogP contribution < -0.4 is 5.32 Å². The number of amides is 1. The first kappa shape index (κ1) is 19.0. The predicted octanol–water partition coefficient (Wildman–Crippen LogP) is 4.96. The molecule has 0 aliphatic heterocycles. The molecular weight excluding hydrogens is 322 g/mol. The smallest absolute Gasteiger partial charge is 0.341 e. The van der Waals surface area contributed by atoms with Crippen LogP contribution >= 0.6 is 11.3 Å². The highest BCUT2D eigenvalue weighted by atomic mass is 32.1. The Morgan fingerprint density at radius 3 is 2.71 bits per heavy atom. The molecule has 1 aromatic heterocycles. The summed E-state index contributed by atoms with van der Waals surface area (Å²) in [7, 11) is 1.40. The lowest BCUT2D eigenvalue weighted by molar-refractivity contribution is -0.116. The number of carbonyl (C=O) groups is 2. The molecule has 1 heterocycles. The first-order valence-corrected chi connectivity index (χ1v) is 9.94. The van der Waals surface area contributed by atoms with Gasteiger partial charge in [0.05, 0.1) is 12.7 Å². The van der Waals surface area contributed by atoms with Gasteiger partial charge in [-0.15, -0.1) is 11.3 Å². The molecule has 4 nitrogen and oxygen atoms in total. The largest absolute Gasteiger partial charge is 0.465 e. The van der Waals surface area contributed by atoms with Gasteiger partial charge in [-0.25, -0.2) is 4.79 Å². The molecule has 0 saturated heterocycles. The molecule has 1 aromatic rings. The maximum Gasteiger partial charge on any atom is 0.341 e. The fourth-order valence-corrected chi connectivity index (χ4v) is 4.68. The third-order valence-electron chi connectivity index (χ3n) is 4.84. The second-order valence-corrected chi connectivity index (χ2v) is 7.68. The Morgan fingerprint density at radius 1 is 1.25 bits per heavy atom. The average molecular weight is 352 g/mol. The molecule has 0 fully saturated rings. The monoisotopic (exact) mass is 351 g/mol. The van der Waals surface area contributed by atoms with Gasteiger partial charge in [0.15, 0.2) is 0 Å². The quantitative estimate of drug-likeness (QED) is 0.532. The molecule has 0 saturated carbocycles. The second kappa shape index (κ2) is 9.21. The minimum absolute atomic E-state index is 0.00175. The number of hydrogen-bond donors (Lipinski definition) is 1. The van der Waals surface area contributed by atoms with Crippen LogP contribution in [0.5, 0.6) is 0 Å². The van der Waals surface area contributed by atoms with Gasteiger partial charge in [-0.05, 0) is 37.2 Å². The predicted molar refractivity (Wildman–Crippen MR) is 98.9 cm³/mol. The van der Waals surface area contributed by atoms with Gasteiger partial charge in [-0.2, -0.15) is 0 Å². The van der Waals surface area contributed by atoms with Gasteiger partial charge in [-0.1, -0.05) is 39.5 Å². The number of fused-ring (bicyclic) bond motifs is 1. The zero-order valence-corrected chi connectivity index (χ0v) is 15.9. The molecule has 0 spiro atoms. The highest BCUT2D eigenvalue weighted by Crippen LogP contribution is 2.40. The minimum atomic E-state index is -0.330. The van der Waals surface area contributed by atoms with E-state index in [1.54, 1.807) is 11.3 Å². The first-order valence-electron chi connectivity index (χ1n) is 9.13. The van der Waals surface area contributed by atoms with Crippen LogP contribution in [-0.4, -0.2) is 19.0 Å². The number of rotatable bonds is 8. The van der Waals surface area contributed by atoms with Crippen LogP contribution in [0, 0.1) is 5.92 Å². The zero-order chi connectivity index (χ0) is 17.5. The van der Waals surface area contributed by atoms with E-state index in [0.29, 0.717) is 22.9 Å². The summed E-state index contributed by atoms with van der Waals surface area (Å²) >= 11 is 1.56. The second-order valence-electron chi connectivity index (χ2n) is 6.58. The van der Waals surface area contributed by atoms with E-state index in [1.165, 1.54) is 12.0 Å². The number of ether oxygens (including phenoxy) is 1. The number of thiophene rings is 1. The zero-order valence-electron chi connectivity index (χ0n) is 15.1. The van der Waals surface area contributed by atoms with E-state index in [2.05, 4.69) is 19.2 Å². The summed E-state index contributed by atoms with van der Waals surface area (Å²) < 4.78 is 4.97. The summed E-state index contributed by atoms with van der Waals surface area (Å²) in [5, 5.41) is 3.66. The highest BCUT2D eigenvalue weighted by molar-refractivity contribution is 7.17. The number of esters is 1. The highest BCUT2D eigenvalue weighted by Gasteiger charge is 2.29. The maximum atomic E-state index is 12.2. The van der Waals surface area contributed by atoms with Gasteiger partial charge in [0.1, 0.15) is 5.00 Å². The van der Waals surface area contributed by atoms with Gasteiger partial charge >= 0.3 is 5.97 Å². The standard InChI is InChI=1S/C19H29NO3S/c1-4-6-7-8-9-16(21)20-18-17(19(22)23-3)14-11-10-13(5-2)12-15(14)24-18/h13H,4-12H2,1-3H3,(H,20,21). The number of anilines is 1. The molecule has 0 aromatic carbocycles. The van der Waals surface area contributed by atoms with E-state index in [4.69, 9.17) is 4.74 Å². The molecule has 1 aliphatic carbocycles. The van der Waals surface area contributed by atoms with Gasteiger partial charge in [0, 0.05) is 11.3 Å². The van der Waals surface area contributed by atoms with Gasteiger partial charge in [0.2, 0.25) is 5.91 Å². The molecule has 2 rings (SSSR count). The Hall–Kier alpha value is -1.36. The van der Waals surface area contributed by atoms with E-state index in [0.717, 1.165) is 56.9 Å². The Kier molecular flexibility index (Phi) is 7.28. The summed E-state index contributed by atoms with van der Waals surface area (Å²) in [6.07, 6.45) is 8.98. The van der Waals surface area contributed by atoms with E-state index < -0.39 is 0 Å². The number of hydrogen-bond acceptors (Lipinski definition) is 4. The number of methoxy groups -OCH3 is 1. The summed E-state index contributed by atoms with van der Waals surface area (Å²) in [4.78, 5) is 25.7. The Morgan fingerprint density at radius 2 is 2.04 bits per heavy atom. The van der Waals surface area contributed by atoms with Crippen LogP contribution in [0.15, 0.2) is 0 Å². The fraction of sp³-hybridized carbons (Fsp3) is 0.684. The molecule has 1 atom stereocenters. The Balaban J connectivity index is 2.12. The van der Waals surface area contributed by atoms with Crippen molar-refractivity contribution in [3.05, 3.63) is 16.0 Å². The van der Waals surface area contributed by atoms with Crippen molar-refractivity contribution in [3.8, 4) is 0 Å². The van der Waals surface area contributed by atoms with Crippen molar-refractivity contribution in [2.45, 2.75) is 71.6 Å². The Labute approximate surface area is 149 Å². The summed E-state index contributed by atoms with van der Waals surface area (Å²) in [6.45, 7) is 4.37. The number of nitrogens with one attached hydrogen (secondary N) is 1. The van der Waals surface area contributed by atoms with E-state index in [-0.39, 0.29) is 11.9 Å². The van der Waals surface area contributed by atoms with Crippen molar-refractivity contribution in [2.75, 3.05) is 12.4 Å². The average Bonchev–Trinajstić information content (AvgIpc) is 2.94. The third kappa shape index (κ3) is 4.59. The van der Waals surface area contributed by atoms with Crippen LogP contribution in [0.4, 0.5) is 5.00 Å². The van der Waals surface area contributed by atoms with E-state index in [9.17, 15) is 9.59 Å². The third-order valence-corrected chi connectivity index (χ3v) is 6.01. The molecule has 5 heteroatoms. The SMILES string of the molecule is CCCCCCC(=O)Nc1sc2c(c1C(=O)OC)CCC(CC)C2. The summed E-state index contributed by atoms with van der Waals surface area (Å²) in [5.41, 5.74) is 1.69. The van der Waals surface area contributed by atoms with Crippen LogP contribution in [0.3, 0.4) is 0 Å². The molecule has 134 valence electrons. The lowest BCUT2D eigenvalue weighted by atomic mass is 9.85. The lowest BCUT2D eigenvalue weighted by Gasteiger charge is -2.20. The van der Waals surface area contributed by atoms with E-state index >= 15 is 0 Å².